The number of fused-ring (bicyclic) bond motifs is 1. The van der Waals surface area contributed by atoms with E-state index >= 15 is 0 Å². The number of amides is 1. The van der Waals surface area contributed by atoms with Crippen LogP contribution in [0.5, 0.6) is 0 Å². The summed E-state index contributed by atoms with van der Waals surface area (Å²) < 4.78 is 11.5. The zero-order valence-corrected chi connectivity index (χ0v) is 16.0. The molecule has 1 unspecified atom stereocenters. The first-order valence-electron chi connectivity index (χ1n) is 8.81. The summed E-state index contributed by atoms with van der Waals surface area (Å²) in [6, 6.07) is 12.3. The molecule has 1 saturated heterocycles. The van der Waals surface area contributed by atoms with Crippen molar-refractivity contribution in [2.24, 2.45) is 5.41 Å². The van der Waals surface area contributed by atoms with Crippen LogP contribution in [0.3, 0.4) is 0 Å². The number of carbonyl (C=O) groups excluding carboxylic acids is 2. The van der Waals surface area contributed by atoms with Gasteiger partial charge in [0.05, 0.1) is 19.8 Å². The first-order chi connectivity index (χ1) is 12.9. The summed E-state index contributed by atoms with van der Waals surface area (Å²) in [5.41, 5.74) is 2.43. The standard InChI is InChI=1S/C21H20ClNO4/c1-13(24)14-3-8-17-18(9-14)19(25)23(16-6-4-15(22)5-7-16)20(17)27-12-21(2)10-26-11-21/h3-9,20H,10-12H2,1-2H3. The molecular weight excluding hydrogens is 366 g/mol. The third-order valence-electron chi connectivity index (χ3n) is 5.01. The van der Waals surface area contributed by atoms with Gasteiger partial charge in [0.25, 0.3) is 5.91 Å². The fourth-order valence-electron chi connectivity index (χ4n) is 3.38. The molecule has 27 heavy (non-hydrogen) atoms. The van der Waals surface area contributed by atoms with E-state index in [0.717, 1.165) is 5.56 Å². The molecule has 0 aromatic heterocycles. The van der Waals surface area contributed by atoms with Gasteiger partial charge in [0.1, 0.15) is 0 Å². The van der Waals surface area contributed by atoms with Gasteiger partial charge in [-0.1, -0.05) is 30.7 Å². The predicted octanol–water partition coefficient (Wildman–Crippen LogP) is 4.25. The van der Waals surface area contributed by atoms with Crippen LogP contribution in [-0.2, 0) is 9.47 Å². The zero-order valence-electron chi connectivity index (χ0n) is 15.2. The Bertz CT molecular complexity index is 905. The fourth-order valence-corrected chi connectivity index (χ4v) is 3.51. The molecule has 0 spiro atoms. The molecule has 1 amide bonds. The lowest BCUT2D eigenvalue weighted by molar-refractivity contribution is -0.148. The summed E-state index contributed by atoms with van der Waals surface area (Å²) in [7, 11) is 0. The molecule has 2 aliphatic heterocycles. The van der Waals surface area contributed by atoms with Crippen LogP contribution >= 0.6 is 11.6 Å². The highest BCUT2D eigenvalue weighted by Gasteiger charge is 2.41. The van der Waals surface area contributed by atoms with Gasteiger partial charge in [0.2, 0.25) is 0 Å². The Labute approximate surface area is 162 Å². The van der Waals surface area contributed by atoms with Crippen molar-refractivity contribution in [2.45, 2.75) is 20.1 Å². The van der Waals surface area contributed by atoms with Crippen LogP contribution in [0.2, 0.25) is 5.02 Å². The number of ketones is 1. The highest BCUT2D eigenvalue weighted by molar-refractivity contribution is 6.30. The van der Waals surface area contributed by atoms with Crippen molar-refractivity contribution in [2.75, 3.05) is 24.7 Å². The van der Waals surface area contributed by atoms with E-state index in [1.807, 2.05) is 6.07 Å². The highest BCUT2D eigenvalue weighted by atomic mass is 35.5. The number of carbonyl (C=O) groups is 2. The zero-order chi connectivity index (χ0) is 19.2. The number of halogens is 1. The summed E-state index contributed by atoms with van der Waals surface area (Å²) in [6.07, 6.45) is -0.549. The maximum atomic E-state index is 13.2. The van der Waals surface area contributed by atoms with Gasteiger partial charge in [-0.25, -0.2) is 0 Å². The summed E-state index contributed by atoms with van der Waals surface area (Å²) in [5.74, 6) is -0.262. The van der Waals surface area contributed by atoms with Crippen molar-refractivity contribution in [3.8, 4) is 0 Å². The number of ether oxygens (including phenoxy) is 2. The molecule has 6 heteroatoms. The third-order valence-corrected chi connectivity index (χ3v) is 5.26. The Morgan fingerprint density at radius 2 is 1.96 bits per heavy atom. The molecular formula is C21H20ClNO4. The van der Waals surface area contributed by atoms with E-state index in [1.54, 1.807) is 41.3 Å². The second-order valence-electron chi connectivity index (χ2n) is 7.48. The molecule has 0 radical (unpaired) electrons. The van der Waals surface area contributed by atoms with Gasteiger partial charge >= 0.3 is 0 Å². The Kier molecular flexibility index (Phi) is 4.54. The molecule has 5 nitrogen and oxygen atoms in total. The van der Waals surface area contributed by atoms with Crippen molar-refractivity contribution >= 4 is 29.0 Å². The monoisotopic (exact) mass is 385 g/mol. The van der Waals surface area contributed by atoms with E-state index in [-0.39, 0.29) is 17.1 Å². The number of hydrogen-bond donors (Lipinski definition) is 0. The van der Waals surface area contributed by atoms with Crippen LogP contribution in [0.4, 0.5) is 5.69 Å². The minimum atomic E-state index is -0.549. The predicted molar refractivity (Wildman–Crippen MR) is 102 cm³/mol. The maximum absolute atomic E-state index is 13.2. The molecule has 0 aliphatic carbocycles. The van der Waals surface area contributed by atoms with Crippen molar-refractivity contribution < 1.29 is 19.1 Å². The number of benzene rings is 2. The highest BCUT2D eigenvalue weighted by Crippen LogP contribution is 2.40. The van der Waals surface area contributed by atoms with Crippen LogP contribution in [0.15, 0.2) is 42.5 Å². The minimum Gasteiger partial charge on any atom is -0.380 e. The maximum Gasteiger partial charge on any atom is 0.261 e. The average molecular weight is 386 g/mol. The van der Waals surface area contributed by atoms with Crippen LogP contribution in [-0.4, -0.2) is 31.5 Å². The minimum absolute atomic E-state index is 0.0448. The van der Waals surface area contributed by atoms with Crippen molar-refractivity contribution in [1.82, 2.24) is 0 Å². The molecule has 2 aliphatic rings. The molecule has 0 N–H and O–H groups in total. The van der Waals surface area contributed by atoms with E-state index in [0.29, 0.717) is 41.7 Å². The van der Waals surface area contributed by atoms with E-state index < -0.39 is 6.23 Å². The van der Waals surface area contributed by atoms with Gasteiger partial charge in [0, 0.05) is 32.8 Å². The SMILES string of the molecule is CC(=O)c1ccc2c(c1)C(=O)N(c1ccc(Cl)cc1)C2OCC1(C)COC1. The summed E-state index contributed by atoms with van der Waals surface area (Å²) in [6.45, 7) is 5.35. The van der Waals surface area contributed by atoms with Gasteiger partial charge in [-0.3, -0.25) is 14.5 Å². The number of rotatable bonds is 5. The molecule has 2 aromatic carbocycles. The Morgan fingerprint density at radius 3 is 2.56 bits per heavy atom. The van der Waals surface area contributed by atoms with Crippen LogP contribution in [0.1, 0.15) is 46.4 Å². The van der Waals surface area contributed by atoms with Gasteiger partial charge in [-0.15, -0.1) is 0 Å². The van der Waals surface area contributed by atoms with Gasteiger partial charge in [-0.05, 0) is 37.3 Å². The van der Waals surface area contributed by atoms with Crippen LogP contribution in [0.25, 0.3) is 0 Å². The fraction of sp³-hybridized carbons (Fsp3) is 0.333. The smallest absolute Gasteiger partial charge is 0.261 e. The van der Waals surface area contributed by atoms with Gasteiger partial charge in [-0.2, -0.15) is 0 Å². The van der Waals surface area contributed by atoms with Crippen molar-refractivity contribution in [1.29, 1.82) is 0 Å². The summed E-state index contributed by atoms with van der Waals surface area (Å²) in [4.78, 5) is 26.5. The van der Waals surface area contributed by atoms with Crippen molar-refractivity contribution in [3.05, 3.63) is 64.2 Å². The first kappa shape index (κ1) is 18.2. The van der Waals surface area contributed by atoms with E-state index in [4.69, 9.17) is 21.1 Å². The van der Waals surface area contributed by atoms with E-state index in [9.17, 15) is 9.59 Å². The number of nitrogens with zero attached hydrogens (tertiary/aromatic N) is 1. The van der Waals surface area contributed by atoms with Gasteiger partial charge < -0.3 is 9.47 Å². The number of hydrogen-bond acceptors (Lipinski definition) is 4. The molecule has 0 saturated carbocycles. The lowest BCUT2D eigenvalue weighted by atomic mass is 9.90. The van der Waals surface area contributed by atoms with Crippen LogP contribution in [0, 0.1) is 5.41 Å². The second-order valence-corrected chi connectivity index (χ2v) is 7.91. The van der Waals surface area contributed by atoms with Crippen LogP contribution < -0.4 is 4.90 Å². The molecule has 2 heterocycles. The molecule has 1 atom stereocenters. The largest absolute Gasteiger partial charge is 0.380 e. The molecule has 140 valence electrons. The molecule has 4 rings (SSSR count). The normalized spacial score (nSPS) is 20.3. The topological polar surface area (TPSA) is 55.8 Å². The lowest BCUT2D eigenvalue weighted by Gasteiger charge is -2.39. The molecule has 0 bridgehead atoms. The van der Waals surface area contributed by atoms with E-state index in [2.05, 4.69) is 6.92 Å². The second kappa shape index (κ2) is 6.75. The van der Waals surface area contributed by atoms with Gasteiger partial charge in [0.15, 0.2) is 12.0 Å². The molecule has 2 aromatic rings. The first-order valence-corrected chi connectivity index (χ1v) is 9.19. The Morgan fingerprint density at radius 1 is 1.26 bits per heavy atom. The lowest BCUT2D eigenvalue weighted by Crippen LogP contribution is -2.44. The Hall–Kier alpha value is -2.21. The average Bonchev–Trinajstić information content (AvgIpc) is 2.90. The summed E-state index contributed by atoms with van der Waals surface area (Å²) in [5, 5.41) is 0.596. The third kappa shape index (κ3) is 3.27. The van der Waals surface area contributed by atoms with Crippen molar-refractivity contribution in [3.63, 3.8) is 0 Å². The number of Topliss-reactive ketones (excluding diaryl/α,β-unsaturated/α-hetero) is 1. The Balaban J connectivity index is 1.72. The molecule has 1 fully saturated rings. The quantitative estimate of drug-likeness (QED) is 0.722. The number of anilines is 1. The summed E-state index contributed by atoms with van der Waals surface area (Å²) >= 11 is 6.00. The van der Waals surface area contributed by atoms with E-state index in [1.165, 1.54) is 6.92 Å².